The number of nitrogens with two attached hydrogens (primary N) is 1. The highest BCUT2D eigenvalue weighted by atomic mass is 32.1. The van der Waals surface area contributed by atoms with Gasteiger partial charge in [-0.25, -0.2) is 0 Å². The van der Waals surface area contributed by atoms with Gasteiger partial charge in [-0.05, 0) is 6.42 Å². The van der Waals surface area contributed by atoms with Gasteiger partial charge in [-0.15, -0.1) is 0 Å². The quantitative estimate of drug-likeness (QED) is 0.458. The third kappa shape index (κ3) is 11.4. The molecule has 0 saturated carbocycles. The van der Waals surface area contributed by atoms with Gasteiger partial charge in [0.1, 0.15) is 0 Å². The molecular formula is C12H24N2OS. The summed E-state index contributed by atoms with van der Waals surface area (Å²) in [5, 5.41) is 2.81. The second kappa shape index (κ2) is 10.9. The molecule has 0 saturated heterocycles. The van der Waals surface area contributed by atoms with E-state index in [0.29, 0.717) is 24.4 Å². The number of unbranched alkanes of at least 4 members (excludes halogenated alkanes) is 5. The number of rotatable bonds is 10. The van der Waals surface area contributed by atoms with E-state index >= 15 is 0 Å². The smallest absolute Gasteiger partial charge is 0.220 e. The summed E-state index contributed by atoms with van der Waals surface area (Å²) >= 11 is 4.72. The highest BCUT2D eigenvalue weighted by Crippen LogP contribution is 2.06. The molecule has 0 rings (SSSR count). The molecule has 0 fully saturated rings. The Labute approximate surface area is 104 Å². The van der Waals surface area contributed by atoms with Gasteiger partial charge in [0.05, 0.1) is 4.99 Å². The molecule has 0 aliphatic carbocycles. The fourth-order valence-electron chi connectivity index (χ4n) is 1.48. The minimum atomic E-state index is 0.117. The van der Waals surface area contributed by atoms with Crippen LogP contribution < -0.4 is 11.1 Å². The lowest BCUT2D eigenvalue weighted by Crippen LogP contribution is -2.26. The molecule has 16 heavy (non-hydrogen) atoms. The van der Waals surface area contributed by atoms with E-state index in [1.54, 1.807) is 0 Å². The van der Waals surface area contributed by atoms with E-state index in [1.807, 2.05) is 0 Å². The van der Waals surface area contributed by atoms with Crippen LogP contribution in [0.2, 0.25) is 0 Å². The van der Waals surface area contributed by atoms with E-state index in [1.165, 1.54) is 25.7 Å². The average molecular weight is 244 g/mol. The zero-order valence-corrected chi connectivity index (χ0v) is 11.1. The first-order chi connectivity index (χ1) is 7.66. The summed E-state index contributed by atoms with van der Waals surface area (Å²) in [7, 11) is 0. The largest absolute Gasteiger partial charge is 0.393 e. The van der Waals surface area contributed by atoms with Crippen LogP contribution in [0.5, 0.6) is 0 Å². The summed E-state index contributed by atoms with van der Waals surface area (Å²) in [4.78, 5) is 11.8. The van der Waals surface area contributed by atoms with Gasteiger partial charge in [0.2, 0.25) is 5.91 Å². The van der Waals surface area contributed by atoms with E-state index in [-0.39, 0.29) is 5.91 Å². The Morgan fingerprint density at radius 1 is 1.12 bits per heavy atom. The minimum absolute atomic E-state index is 0.117. The summed E-state index contributed by atoms with van der Waals surface area (Å²) in [5.41, 5.74) is 5.33. The Kier molecular flexibility index (Phi) is 10.4. The van der Waals surface area contributed by atoms with E-state index < -0.39 is 0 Å². The van der Waals surface area contributed by atoms with Crippen molar-refractivity contribution < 1.29 is 4.79 Å². The first-order valence-electron chi connectivity index (χ1n) is 6.21. The van der Waals surface area contributed by atoms with Crippen molar-refractivity contribution in [1.82, 2.24) is 5.32 Å². The SMILES string of the molecule is CCCCCCCCC(=O)NCCC(N)=S. The molecule has 0 bridgehead atoms. The number of carbonyl (C=O) groups is 1. The molecule has 0 aromatic rings. The normalized spacial score (nSPS) is 10.1. The predicted octanol–water partition coefficient (Wildman–Crippen LogP) is 2.53. The van der Waals surface area contributed by atoms with Gasteiger partial charge in [-0.3, -0.25) is 4.79 Å². The third-order valence-electron chi connectivity index (χ3n) is 2.45. The van der Waals surface area contributed by atoms with Crippen LogP contribution in [0.25, 0.3) is 0 Å². The van der Waals surface area contributed by atoms with Crippen molar-refractivity contribution in [2.24, 2.45) is 5.73 Å². The molecule has 0 spiro atoms. The molecular weight excluding hydrogens is 220 g/mol. The van der Waals surface area contributed by atoms with Crippen LogP contribution >= 0.6 is 12.2 Å². The molecule has 0 aromatic heterocycles. The van der Waals surface area contributed by atoms with E-state index in [0.717, 1.165) is 12.8 Å². The standard InChI is InChI=1S/C12H24N2OS/c1-2-3-4-5-6-7-8-12(15)14-10-9-11(13)16/h2-10H2,1H3,(H2,13,16)(H,14,15). The van der Waals surface area contributed by atoms with Gasteiger partial charge in [0.25, 0.3) is 0 Å². The number of thiocarbonyl (C=S) groups is 1. The summed E-state index contributed by atoms with van der Waals surface area (Å²) in [6, 6.07) is 0. The first-order valence-corrected chi connectivity index (χ1v) is 6.62. The van der Waals surface area contributed by atoms with Crippen molar-refractivity contribution in [3.05, 3.63) is 0 Å². The van der Waals surface area contributed by atoms with Crippen LogP contribution in [0.1, 0.15) is 58.3 Å². The van der Waals surface area contributed by atoms with Crippen LogP contribution in [-0.2, 0) is 4.79 Å². The fraction of sp³-hybridized carbons (Fsp3) is 0.833. The zero-order chi connectivity index (χ0) is 12.2. The highest BCUT2D eigenvalue weighted by molar-refractivity contribution is 7.80. The predicted molar refractivity (Wildman–Crippen MR) is 72.4 cm³/mol. The monoisotopic (exact) mass is 244 g/mol. The maximum absolute atomic E-state index is 11.3. The van der Waals surface area contributed by atoms with E-state index in [9.17, 15) is 4.79 Å². The topological polar surface area (TPSA) is 55.1 Å². The molecule has 0 heterocycles. The Morgan fingerprint density at radius 2 is 1.75 bits per heavy atom. The summed E-state index contributed by atoms with van der Waals surface area (Å²) < 4.78 is 0. The Balaban J connectivity index is 3.20. The number of hydrogen-bond donors (Lipinski definition) is 2. The van der Waals surface area contributed by atoms with Crippen molar-refractivity contribution in [3.63, 3.8) is 0 Å². The van der Waals surface area contributed by atoms with Crippen molar-refractivity contribution in [2.45, 2.75) is 58.3 Å². The molecule has 0 radical (unpaired) electrons. The number of carbonyl (C=O) groups excluding carboxylic acids is 1. The van der Waals surface area contributed by atoms with Crippen LogP contribution in [0.4, 0.5) is 0 Å². The van der Waals surface area contributed by atoms with Crippen LogP contribution in [0.3, 0.4) is 0 Å². The third-order valence-corrected chi connectivity index (χ3v) is 2.66. The lowest BCUT2D eigenvalue weighted by molar-refractivity contribution is -0.121. The summed E-state index contributed by atoms with van der Waals surface area (Å²) in [6.07, 6.45) is 8.47. The second-order valence-electron chi connectivity index (χ2n) is 4.08. The lowest BCUT2D eigenvalue weighted by atomic mass is 10.1. The summed E-state index contributed by atoms with van der Waals surface area (Å²) in [5.74, 6) is 0.117. The molecule has 1 amide bonds. The van der Waals surface area contributed by atoms with Crippen molar-refractivity contribution in [2.75, 3.05) is 6.54 Å². The number of amides is 1. The highest BCUT2D eigenvalue weighted by Gasteiger charge is 2.00. The van der Waals surface area contributed by atoms with Gasteiger partial charge in [0, 0.05) is 19.4 Å². The molecule has 94 valence electrons. The van der Waals surface area contributed by atoms with Gasteiger partial charge in [-0.2, -0.15) is 0 Å². The lowest BCUT2D eigenvalue weighted by Gasteiger charge is -2.04. The first kappa shape index (κ1) is 15.4. The Morgan fingerprint density at radius 3 is 2.38 bits per heavy atom. The minimum Gasteiger partial charge on any atom is -0.393 e. The Bertz CT molecular complexity index is 207. The van der Waals surface area contributed by atoms with Gasteiger partial charge in [0.15, 0.2) is 0 Å². The molecule has 3 nitrogen and oxygen atoms in total. The van der Waals surface area contributed by atoms with Gasteiger partial charge >= 0.3 is 0 Å². The van der Waals surface area contributed by atoms with Gasteiger partial charge in [-0.1, -0.05) is 51.2 Å². The number of hydrogen-bond acceptors (Lipinski definition) is 2. The molecule has 0 aliphatic heterocycles. The molecule has 0 unspecified atom stereocenters. The van der Waals surface area contributed by atoms with Crippen LogP contribution in [-0.4, -0.2) is 17.4 Å². The van der Waals surface area contributed by atoms with Crippen molar-refractivity contribution >= 4 is 23.1 Å². The van der Waals surface area contributed by atoms with Crippen molar-refractivity contribution in [1.29, 1.82) is 0 Å². The molecule has 4 heteroatoms. The Hall–Kier alpha value is -0.640. The van der Waals surface area contributed by atoms with Gasteiger partial charge < -0.3 is 11.1 Å². The maximum atomic E-state index is 11.3. The molecule has 0 aliphatic rings. The summed E-state index contributed by atoms with van der Waals surface area (Å²) in [6.45, 7) is 2.78. The average Bonchev–Trinajstić information content (AvgIpc) is 2.22. The number of nitrogens with one attached hydrogen (secondary N) is 1. The zero-order valence-electron chi connectivity index (χ0n) is 10.3. The second-order valence-corrected chi connectivity index (χ2v) is 4.61. The van der Waals surface area contributed by atoms with Crippen molar-refractivity contribution in [3.8, 4) is 0 Å². The molecule has 3 N–H and O–H groups in total. The fourth-order valence-corrected chi connectivity index (χ4v) is 1.58. The molecule has 0 atom stereocenters. The molecule has 0 aromatic carbocycles. The van der Waals surface area contributed by atoms with E-state index in [4.69, 9.17) is 18.0 Å². The van der Waals surface area contributed by atoms with Crippen LogP contribution in [0.15, 0.2) is 0 Å². The van der Waals surface area contributed by atoms with Crippen LogP contribution in [0, 0.1) is 0 Å². The van der Waals surface area contributed by atoms with E-state index in [2.05, 4.69) is 12.2 Å². The maximum Gasteiger partial charge on any atom is 0.220 e.